The van der Waals surface area contributed by atoms with Crippen LogP contribution in [-0.2, 0) is 14.3 Å². The van der Waals surface area contributed by atoms with Gasteiger partial charge in [-0.15, -0.1) is 0 Å². The second kappa shape index (κ2) is 6.55. The molecule has 0 saturated carbocycles. The summed E-state index contributed by atoms with van der Waals surface area (Å²) in [4.78, 5) is 17.9. The SMILES string of the molecule is COC(=O)CC1CN(c2nc(C)cc(C)c2C#N)CCO1. The maximum atomic E-state index is 11.4. The highest BCUT2D eigenvalue weighted by atomic mass is 16.5. The van der Waals surface area contributed by atoms with E-state index in [1.165, 1.54) is 7.11 Å². The molecule has 112 valence electrons. The van der Waals surface area contributed by atoms with Crippen LogP contribution in [0.5, 0.6) is 0 Å². The number of hydrogen-bond donors (Lipinski definition) is 0. The van der Waals surface area contributed by atoms with Crippen LogP contribution >= 0.6 is 0 Å². The van der Waals surface area contributed by atoms with Crippen LogP contribution in [0, 0.1) is 25.2 Å². The van der Waals surface area contributed by atoms with E-state index in [1.54, 1.807) is 0 Å². The minimum Gasteiger partial charge on any atom is -0.469 e. The van der Waals surface area contributed by atoms with Crippen molar-refractivity contribution in [1.29, 1.82) is 5.26 Å². The highest BCUT2D eigenvalue weighted by Crippen LogP contribution is 2.24. The van der Waals surface area contributed by atoms with E-state index in [9.17, 15) is 10.1 Å². The van der Waals surface area contributed by atoms with Crippen LogP contribution in [0.1, 0.15) is 23.2 Å². The van der Waals surface area contributed by atoms with E-state index in [4.69, 9.17) is 4.74 Å². The third-order valence-electron chi connectivity index (χ3n) is 3.50. The quantitative estimate of drug-likeness (QED) is 0.782. The molecule has 0 radical (unpaired) electrons. The minimum absolute atomic E-state index is 0.208. The summed E-state index contributed by atoms with van der Waals surface area (Å²) >= 11 is 0. The number of hydrogen-bond acceptors (Lipinski definition) is 6. The molecule has 0 bridgehead atoms. The molecule has 6 heteroatoms. The fraction of sp³-hybridized carbons (Fsp3) is 0.533. The van der Waals surface area contributed by atoms with Crippen LogP contribution < -0.4 is 4.90 Å². The number of rotatable bonds is 3. The predicted molar refractivity (Wildman–Crippen MR) is 77.0 cm³/mol. The molecule has 0 aliphatic carbocycles. The van der Waals surface area contributed by atoms with E-state index >= 15 is 0 Å². The molecule has 0 N–H and O–H groups in total. The predicted octanol–water partition coefficient (Wildman–Crippen LogP) is 1.34. The Kier molecular flexibility index (Phi) is 4.76. The van der Waals surface area contributed by atoms with Crippen molar-refractivity contribution in [3.63, 3.8) is 0 Å². The zero-order chi connectivity index (χ0) is 15.4. The number of morpholine rings is 1. The lowest BCUT2D eigenvalue weighted by Crippen LogP contribution is -2.44. The van der Waals surface area contributed by atoms with Gasteiger partial charge in [-0.1, -0.05) is 0 Å². The lowest BCUT2D eigenvalue weighted by Gasteiger charge is -2.34. The van der Waals surface area contributed by atoms with Gasteiger partial charge >= 0.3 is 5.97 Å². The van der Waals surface area contributed by atoms with Crippen LogP contribution in [0.4, 0.5) is 5.82 Å². The first-order valence-corrected chi connectivity index (χ1v) is 6.87. The molecular weight excluding hydrogens is 270 g/mol. The number of carbonyl (C=O) groups is 1. The third-order valence-corrected chi connectivity index (χ3v) is 3.50. The monoisotopic (exact) mass is 289 g/mol. The van der Waals surface area contributed by atoms with Crippen molar-refractivity contribution in [2.24, 2.45) is 0 Å². The van der Waals surface area contributed by atoms with E-state index in [0.717, 1.165) is 11.3 Å². The van der Waals surface area contributed by atoms with Crippen LogP contribution in [0.3, 0.4) is 0 Å². The van der Waals surface area contributed by atoms with Crippen molar-refractivity contribution >= 4 is 11.8 Å². The normalized spacial score (nSPS) is 18.2. The number of ether oxygens (including phenoxy) is 2. The number of aromatic nitrogens is 1. The summed E-state index contributed by atoms with van der Waals surface area (Å²) in [5.41, 5.74) is 2.37. The summed E-state index contributed by atoms with van der Waals surface area (Å²) < 4.78 is 10.3. The summed E-state index contributed by atoms with van der Waals surface area (Å²) in [6.07, 6.45) is -0.0278. The van der Waals surface area contributed by atoms with Crippen molar-refractivity contribution in [3.8, 4) is 6.07 Å². The second-order valence-electron chi connectivity index (χ2n) is 5.11. The number of anilines is 1. The Morgan fingerprint density at radius 2 is 2.38 bits per heavy atom. The smallest absolute Gasteiger partial charge is 0.308 e. The Morgan fingerprint density at radius 1 is 1.62 bits per heavy atom. The molecular formula is C15H19N3O3. The van der Waals surface area contributed by atoms with Crippen molar-refractivity contribution in [2.45, 2.75) is 26.4 Å². The number of aryl methyl sites for hydroxylation is 2. The first kappa shape index (κ1) is 15.3. The molecule has 1 atom stereocenters. The Bertz CT molecular complexity index is 580. The number of nitriles is 1. The molecule has 1 aromatic heterocycles. The van der Waals surface area contributed by atoms with E-state index in [1.807, 2.05) is 24.8 Å². The Hall–Kier alpha value is -2.13. The van der Waals surface area contributed by atoms with Gasteiger partial charge < -0.3 is 14.4 Å². The molecule has 2 rings (SSSR count). The van der Waals surface area contributed by atoms with Crippen LogP contribution in [0.2, 0.25) is 0 Å². The van der Waals surface area contributed by atoms with Crippen molar-refractivity contribution < 1.29 is 14.3 Å². The number of methoxy groups -OCH3 is 1. The maximum absolute atomic E-state index is 11.4. The van der Waals surface area contributed by atoms with Gasteiger partial charge in [0.25, 0.3) is 0 Å². The van der Waals surface area contributed by atoms with Crippen LogP contribution in [0.25, 0.3) is 0 Å². The summed E-state index contributed by atoms with van der Waals surface area (Å²) in [7, 11) is 1.36. The summed E-state index contributed by atoms with van der Waals surface area (Å²) in [5.74, 6) is 0.379. The summed E-state index contributed by atoms with van der Waals surface area (Å²) in [6.45, 7) is 5.50. The van der Waals surface area contributed by atoms with E-state index in [0.29, 0.717) is 31.1 Å². The van der Waals surface area contributed by atoms with Gasteiger partial charge in [0.1, 0.15) is 11.9 Å². The van der Waals surface area contributed by atoms with Gasteiger partial charge in [0.2, 0.25) is 0 Å². The Labute approximate surface area is 124 Å². The lowest BCUT2D eigenvalue weighted by atomic mass is 10.1. The van der Waals surface area contributed by atoms with Gasteiger partial charge in [0, 0.05) is 18.8 Å². The number of esters is 1. The lowest BCUT2D eigenvalue weighted by molar-refractivity contribution is -0.144. The molecule has 0 spiro atoms. The Balaban J connectivity index is 2.22. The van der Waals surface area contributed by atoms with E-state index in [-0.39, 0.29) is 18.5 Å². The zero-order valence-electron chi connectivity index (χ0n) is 12.5. The minimum atomic E-state index is -0.296. The third kappa shape index (κ3) is 3.50. The summed E-state index contributed by atoms with van der Waals surface area (Å²) in [5, 5.41) is 9.35. The molecule has 6 nitrogen and oxygen atoms in total. The first-order valence-electron chi connectivity index (χ1n) is 6.87. The fourth-order valence-corrected chi connectivity index (χ4v) is 2.49. The topological polar surface area (TPSA) is 75.5 Å². The molecule has 1 saturated heterocycles. The standard InChI is InChI=1S/C15H19N3O3/c1-10-6-11(2)17-15(13(10)8-16)18-4-5-21-12(9-18)7-14(19)20-3/h6,12H,4-5,7,9H2,1-3H3. The van der Waals surface area contributed by atoms with Crippen molar-refractivity contribution in [1.82, 2.24) is 4.98 Å². The molecule has 0 amide bonds. The number of pyridine rings is 1. The van der Waals surface area contributed by atoms with Gasteiger partial charge in [-0.3, -0.25) is 4.79 Å². The first-order chi connectivity index (χ1) is 10.0. The molecule has 21 heavy (non-hydrogen) atoms. The van der Waals surface area contributed by atoms with Gasteiger partial charge in [0.05, 0.1) is 31.8 Å². The average molecular weight is 289 g/mol. The second-order valence-corrected chi connectivity index (χ2v) is 5.11. The molecule has 1 unspecified atom stereocenters. The van der Waals surface area contributed by atoms with E-state index in [2.05, 4.69) is 15.8 Å². The maximum Gasteiger partial charge on any atom is 0.308 e. The largest absolute Gasteiger partial charge is 0.469 e. The fourth-order valence-electron chi connectivity index (χ4n) is 2.49. The number of carbonyl (C=O) groups excluding carboxylic acids is 1. The number of nitrogens with zero attached hydrogens (tertiary/aromatic N) is 3. The molecule has 1 aromatic rings. The molecule has 2 heterocycles. The zero-order valence-corrected chi connectivity index (χ0v) is 12.5. The van der Waals surface area contributed by atoms with Crippen molar-refractivity contribution in [2.75, 3.05) is 31.7 Å². The van der Waals surface area contributed by atoms with E-state index < -0.39 is 0 Å². The van der Waals surface area contributed by atoms with Gasteiger partial charge in [-0.05, 0) is 25.5 Å². The van der Waals surface area contributed by atoms with Gasteiger partial charge in [-0.2, -0.15) is 5.26 Å². The van der Waals surface area contributed by atoms with Crippen LogP contribution in [-0.4, -0.2) is 43.9 Å². The summed E-state index contributed by atoms with van der Waals surface area (Å²) in [6, 6.07) is 4.12. The molecule has 1 fully saturated rings. The van der Waals surface area contributed by atoms with Crippen molar-refractivity contribution in [3.05, 3.63) is 22.9 Å². The van der Waals surface area contributed by atoms with Crippen LogP contribution in [0.15, 0.2) is 6.07 Å². The highest BCUT2D eigenvalue weighted by molar-refractivity contribution is 5.70. The average Bonchev–Trinajstić information content (AvgIpc) is 2.46. The molecule has 1 aliphatic rings. The Morgan fingerprint density at radius 3 is 3.05 bits per heavy atom. The highest BCUT2D eigenvalue weighted by Gasteiger charge is 2.26. The van der Waals surface area contributed by atoms with Gasteiger partial charge in [-0.25, -0.2) is 4.98 Å². The van der Waals surface area contributed by atoms with Gasteiger partial charge in [0.15, 0.2) is 0 Å². The molecule has 0 aromatic carbocycles. The molecule has 1 aliphatic heterocycles.